The zero-order chi connectivity index (χ0) is 14.3. The number of aromatic nitrogens is 2. The number of hydrogen-bond acceptors (Lipinski definition) is 2. The highest BCUT2D eigenvalue weighted by Crippen LogP contribution is 2.31. The van der Waals surface area contributed by atoms with E-state index in [2.05, 4.69) is 11.1 Å². The van der Waals surface area contributed by atoms with Gasteiger partial charge in [0.2, 0.25) is 0 Å². The van der Waals surface area contributed by atoms with E-state index in [9.17, 15) is 0 Å². The number of halogens is 2. The van der Waals surface area contributed by atoms with Crippen molar-refractivity contribution >= 4 is 46.5 Å². The molecule has 6 heteroatoms. The number of aromatic amines is 1. The normalized spacial score (nSPS) is 10.7. The maximum Gasteiger partial charge on any atom is 0.182 e. The number of para-hydroxylation sites is 1. The fourth-order valence-corrected chi connectivity index (χ4v) is 2.96. The molecule has 3 nitrogen and oxygen atoms in total. The Hall–Kier alpha value is -1.80. The maximum atomic E-state index is 9.03. The molecule has 0 saturated carbocycles. The van der Waals surface area contributed by atoms with Crippen molar-refractivity contribution in [1.82, 2.24) is 9.55 Å². The number of fused-ring (bicyclic) bond motifs is 1. The molecule has 0 saturated heterocycles. The van der Waals surface area contributed by atoms with Crippen LogP contribution in [0.4, 0.5) is 0 Å². The van der Waals surface area contributed by atoms with Crippen molar-refractivity contribution in [3.05, 3.63) is 56.8 Å². The second kappa shape index (κ2) is 4.95. The molecule has 0 unspecified atom stereocenters. The van der Waals surface area contributed by atoms with Gasteiger partial charge in [0, 0.05) is 0 Å². The average molecular weight is 320 g/mol. The molecule has 0 radical (unpaired) electrons. The van der Waals surface area contributed by atoms with Crippen LogP contribution in [0.2, 0.25) is 10.0 Å². The average Bonchev–Trinajstić information content (AvgIpc) is 2.74. The largest absolute Gasteiger partial charge is 0.330 e. The van der Waals surface area contributed by atoms with Gasteiger partial charge in [-0.1, -0.05) is 29.3 Å². The molecule has 0 aliphatic heterocycles. The summed E-state index contributed by atoms with van der Waals surface area (Å²) < 4.78 is 2.22. The van der Waals surface area contributed by atoms with Crippen LogP contribution in [0.15, 0.2) is 36.4 Å². The predicted molar refractivity (Wildman–Crippen MR) is 83.2 cm³/mol. The van der Waals surface area contributed by atoms with Gasteiger partial charge in [-0.15, -0.1) is 0 Å². The van der Waals surface area contributed by atoms with E-state index in [1.165, 1.54) is 0 Å². The Morgan fingerprint density at radius 1 is 1.15 bits per heavy atom. The van der Waals surface area contributed by atoms with Crippen LogP contribution in [0.5, 0.6) is 0 Å². The maximum absolute atomic E-state index is 9.03. The summed E-state index contributed by atoms with van der Waals surface area (Å²) in [5.74, 6) is 0. The predicted octanol–water partition coefficient (Wildman–Crippen LogP) is 4.87. The minimum Gasteiger partial charge on any atom is -0.330 e. The Kier molecular flexibility index (Phi) is 3.27. The number of rotatable bonds is 1. The SMILES string of the molecule is N#Cc1ccc2[nH]c(=S)n(-c3c(Cl)cccc3Cl)c2c1. The van der Waals surface area contributed by atoms with Crippen molar-refractivity contribution < 1.29 is 0 Å². The van der Waals surface area contributed by atoms with Crippen LogP contribution in [0, 0.1) is 16.1 Å². The van der Waals surface area contributed by atoms with E-state index in [4.69, 9.17) is 40.7 Å². The van der Waals surface area contributed by atoms with Gasteiger partial charge in [-0.05, 0) is 42.5 Å². The van der Waals surface area contributed by atoms with Gasteiger partial charge >= 0.3 is 0 Å². The second-order valence-corrected chi connectivity index (χ2v) is 5.38. The molecule has 20 heavy (non-hydrogen) atoms. The number of hydrogen-bond donors (Lipinski definition) is 1. The zero-order valence-corrected chi connectivity index (χ0v) is 12.4. The van der Waals surface area contributed by atoms with Crippen LogP contribution in [-0.4, -0.2) is 9.55 Å². The minimum absolute atomic E-state index is 0.477. The van der Waals surface area contributed by atoms with Gasteiger partial charge in [0.15, 0.2) is 4.77 Å². The highest BCUT2D eigenvalue weighted by atomic mass is 35.5. The van der Waals surface area contributed by atoms with Gasteiger partial charge in [-0.2, -0.15) is 5.26 Å². The van der Waals surface area contributed by atoms with Crippen LogP contribution < -0.4 is 0 Å². The van der Waals surface area contributed by atoms with Crippen LogP contribution in [0.3, 0.4) is 0 Å². The van der Waals surface area contributed by atoms with Gasteiger partial charge in [0.1, 0.15) is 0 Å². The Balaban J connectivity index is 2.45. The molecule has 3 aromatic rings. The number of H-pyrrole nitrogens is 1. The van der Waals surface area contributed by atoms with E-state index < -0.39 is 0 Å². The molecule has 0 amide bonds. The van der Waals surface area contributed by atoms with Gasteiger partial charge < -0.3 is 4.98 Å². The smallest absolute Gasteiger partial charge is 0.182 e. The third kappa shape index (κ3) is 2.01. The molecule has 98 valence electrons. The number of nitrogens with zero attached hydrogens (tertiary/aromatic N) is 2. The van der Waals surface area contributed by atoms with Crippen LogP contribution in [0.1, 0.15) is 5.56 Å². The molecule has 0 fully saturated rings. The van der Waals surface area contributed by atoms with Gasteiger partial charge in [-0.25, -0.2) is 0 Å². The lowest BCUT2D eigenvalue weighted by atomic mass is 10.2. The van der Waals surface area contributed by atoms with Crippen LogP contribution in [-0.2, 0) is 0 Å². The Morgan fingerprint density at radius 3 is 2.50 bits per heavy atom. The standard InChI is InChI=1S/C14H7Cl2N3S/c15-9-2-1-3-10(16)13(9)19-12-6-8(7-17)4-5-11(12)18-14(19)20/h1-6H,(H,18,20). The topological polar surface area (TPSA) is 44.5 Å². The summed E-state index contributed by atoms with van der Waals surface area (Å²) in [5, 5.41) is 10.0. The summed E-state index contributed by atoms with van der Waals surface area (Å²) in [4.78, 5) is 3.08. The first-order valence-corrected chi connectivity index (χ1v) is 6.87. The second-order valence-electron chi connectivity index (χ2n) is 4.18. The van der Waals surface area contributed by atoms with E-state index in [1.54, 1.807) is 34.9 Å². The highest BCUT2D eigenvalue weighted by molar-refractivity contribution is 7.71. The molecule has 0 bridgehead atoms. The number of imidazole rings is 1. The summed E-state index contributed by atoms with van der Waals surface area (Å²) in [6.07, 6.45) is 0. The van der Waals surface area contributed by atoms with E-state index in [0.717, 1.165) is 11.0 Å². The van der Waals surface area contributed by atoms with E-state index in [1.807, 2.05) is 6.07 Å². The van der Waals surface area contributed by atoms with Crippen molar-refractivity contribution in [3.63, 3.8) is 0 Å². The molecule has 0 atom stereocenters. The summed E-state index contributed by atoms with van der Waals surface area (Å²) in [7, 11) is 0. The third-order valence-corrected chi connectivity index (χ3v) is 3.87. The fourth-order valence-electron chi connectivity index (χ4n) is 2.10. The van der Waals surface area contributed by atoms with Gasteiger partial charge in [0.05, 0.1) is 38.4 Å². The zero-order valence-electron chi connectivity index (χ0n) is 10.0. The minimum atomic E-state index is 0.477. The highest BCUT2D eigenvalue weighted by Gasteiger charge is 2.13. The molecule has 1 heterocycles. The van der Waals surface area contributed by atoms with E-state index >= 15 is 0 Å². The molecule has 0 aliphatic carbocycles. The summed E-state index contributed by atoms with van der Waals surface area (Å²) in [5.41, 5.74) is 2.75. The Labute approximate surface area is 130 Å². The van der Waals surface area contributed by atoms with Crippen molar-refractivity contribution in [1.29, 1.82) is 5.26 Å². The molecular weight excluding hydrogens is 313 g/mol. The first kappa shape index (κ1) is 13.2. The number of benzene rings is 2. The first-order valence-electron chi connectivity index (χ1n) is 5.71. The van der Waals surface area contributed by atoms with Gasteiger partial charge in [-0.3, -0.25) is 4.57 Å². The van der Waals surface area contributed by atoms with Crippen molar-refractivity contribution in [2.24, 2.45) is 0 Å². The molecule has 0 aliphatic rings. The molecule has 2 aromatic carbocycles. The van der Waals surface area contributed by atoms with E-state index in [-0.39, 0.29) is 0 Å². The number of nitriles is 1. The first-order chi connectivity index (χ1) is 9.61. The lowest BCUT2D eigenvalue weighted by Gasteiger charge is -2.09. The van der Waals surface area contributed by atoms with E-state index in [0.29, 0.717) is 26.1 Å². The van der Waals surface area contributed by atoms with Crippen molar-refractivity contribution in [3.8, 4) is 11.8 Å². The lowest BCUT2D eigenvalue weighted by molar-refractivity contribution is 1.06. The third-order valence-electron chi connectivity index (χ3n) is 2.97. The van der Waals surface area contributed by atoms with Crippen molar-refractivity contribution in [2.45, 2.75) is 0 Å². The summed E-state index contributed by atoms with van der Waals surface area (Å²) >= 11 is 17.8. The molecule has 1 N–H and O–H groups in total. The van der Waals surface area contributed by atoms with Crippen molar-refractivity contribution in [2.75, 3.05) is 0 Å². The quantitative estimate of drug-likeness (QED) is 0.650. The van der Waals surface area contributed by atoms with Crippen LogP contribution in [0.25, 0.3) is 16.7 Å². The number of nitrogens with one attached hydrogen (secondary N) is 1. The lowest BCUT2D eigenvalue weighted by Crippen LogP contribution is -1.96. The Morgan fingerprint density at radius 2 is 1.85 bits per heavy atom. The summed E-state index contributed by atoms with van der Waals surface area (Å²) in [6, 6.07) is 12.7. The van der Waals surface area contributed by atoms with Gasteiger partial charge in [0.25, 0.3) is 0 Å². The Bertz CT molecular complexity index is 898. The molecule has 1 aromatic heterocycles. The molecule has 3 rings (SSSR count). The monoisotopic (exact) mass is 319 g/mol. The molecule has 0 spiro atoms. The fraction of sp³-hybridized carbons (Fsp3) is 0. The van der Waals surface area contributed by atoms with Crippen LogP contribution >= 0.6 is 35.4 Å². The molecular formula is C14H7Cl2N3S. The summed E-state index contributed by atoms with van der Waals surface area (Å²) in [6.45, 7) is 0.